The average molecular weight is 249 g/mol. The molecule has 1 aliphatic rings. The number of hydrogen-bond acceptors (Lipinski definition) is 3. The van der Waals surface area contributed by atoms with Gasteiger partial charge in [-0.2, -0.15) is 0 Å². The molecule has 0 spiro atoms. The summed E-state index contributed by atoms with van der Waals surface area (Å²) in [6.07, 6.45) is 2.20. The van der Waals surface area contributed by atoms with E-state index in [1.165, 1.54) is 0 Å². The fraction of sp³-hybridized carbons (Fsp3) is 0.538. The van der Waals surface area contributed by atoms with Crippen molar-refractivity contribution in [3.05, 3.63) is 23.4 Å². The van der Waals surface area contributed by atoms with Crippen molar-refractivity contribution in [3.8, 4) is 5.88 Å². The van der Waals surface area contributed by atoms with E-state index in [0.29, 0.717) is 12.4 Å². The lowest BCUT2D eigenvalue weighted by molar-refractivity contribution is 0.208. The monoisotopic (exact) mass is 249 g/mol. The van der Waals surface area contributed by atoms with Gasteiger partial charge in [0, 0.05) is 30.9 Å². The molecule has 98 valence electrons. The minimum absolute atomic E-state index is 0.00451. The molecule has 1 aliphatic heterocycles. The highest BCUT2D eigenvalue weighted by atomic mass is 16.5. The summed E-state index contributed by atoms with van der Waals surface area (Å²) in [5.41, 5.74) is 1.80. The second-order valence-corrected chi connectivity index (χ2v) is 4.47. The number of carbonyl (C=O) groups excluding carboxylic acids is 1. The van der Waals surface area contributed by atoms with Gasteiger partial charge >= 0.3 is 6.03 Å². The molecule has 0 bridgehead atoms. The third kappa shape index (κ3) is 2.91. The molecule has 0 aromatic carbocycles. The molecule has 1 saturated heterocycles. The summed E-state index contributed by atoms with van der Waals surface area (Å²) in [6.45, 7) is 4.07. The summed E-state index contributed by atoms with van der Waals surface area (Å²) < 4.78 is 5.21. The minimum atomic E-state index is -0.00451. The SMILES string of the molecule is COc1nc(C)ccc1CNC(=O)N1CCCC1. The molecular weight excluding hydrogens is 230 g/mol. The van der Waals surface area contributed by atoms with Crippen LogP contribution in [-0.4, -0.2) is 36.1 Å². The Morgan fingerprint density at radius 3 is 2.83 bits per heavy atom. The Labute approximate surface area is 107 Å². The Kier molecular flexibility index (Phi) is 4.02. The zero-order valence-electron chi connectivity index (χ0n) is 10.9. The van der Waals surface area contributed by atoms with Crippen LogP contribution in [0.15, 0.2) is 12.1 Å². The number of aromatic nitrogens is 1. The smallest absolute Gasteiger partial charge is 0.317 e. The molecule has 0 aliphatic carbocycles. The summed E-state index contributed by atoms with van der Waals surface area (Å²) in [5, 5.41) is 2.90. The Bertz CT molecular complexity index is 428. The van der Waals surface area contributed by atoms with E-state index in [2.05, 4.69) is 10.3 Å². The number of nitrogens with zero attached hydrogens (tertiary/aromatic N) is 2. The van der Waals surface area contributed by atoms with Crippen LogP contribution in [0.3, 0.4) is 0 Å². The number of pyridine rings is 1. The van der Waals surface area contributed by atoms with Crippen LogP contribution in [0.4, 0.5) is 4.79 Å². The van der Waals surface area contributed by atoms with Crippen LogP contribution < -0.4 is 10.1 Å². The quantitative estimate of drug-likeness (QED) is 0.887. The van der Waals surface area contributed by atoms with Crippen molar-refractivity contribution in [1.29, 1.82) is 0 Å². The summed E-state index contributed by atoms with van der Waals surface area (Å²) in [7, 11) is 1.59. The molecule has 1 N–H and O–H groups in total. The molecule has 1 aromatic heterocycles. The van der Waals surface area contributed by atoms with Crippen LogP contribution in [0.25, 0.3) is 0 Å². The molecule has 0 radical (unpaired) electrons. The van der Waals surface area contributed by atoms with Gasteiger partial charge in [-0.15, -0.1) is 0 Å². The van der Waals surface area contributed by atoms with Gasteiger partial charge in [-0.25, -0.2) is 9.78 Å². The zero-order valence-corrected chi connectivity index (χ0v) is 10.9. The Hall–Kier alpha value is -1.78. The fourth-order valence-electron chi connectivity index (χ4n) is 2.08. The number of aryl methyl sites for hydroxylation is 1. The van der Waals surface area contributed by atoms with Gasteiger partial charge in [-0.3, -0.25) is 0 Å². The van der Waals surface area contributed by atoms with Gasteiger partial charge in [-0.05, 0) is 25.8 Å². The van der Waals surface area contributed by atoms with E-state index in [4.69, 9.17) is 4.74 Å². The summed E-state index contributed by atoms with van der Waals surface area (Å²) in [4.78, 5) is 18.0. The Balaban J connectivity index is 1.95. The molecule has 0 saturated carbocycles. The lowest BCUT2D eigenvalue weighted by Crippen LogP contribution is -2.37. The molecule has 2 amide bonds. The molecule has 1 aromatic rings. The second-order valence-electron chi connectivity index (χ2n) is 4.47. The second kappa shape index (κ2) is 5.71. The van der Waals surface area contributed by atoms with Gasteiger partial charge in [0.1, 0.15) is 0 Å². The molecule has 1 fully saturated rings. The van der Waals surface area contributed by atoms with Gasteiger partial charge in [0.25, 0.3) is 0 Å². The maximum atomic E-state index is 11.8. The number of hydrogen-bond donors (Lipinski definition) is 1. The minimum Gasteiger partial charge on any atom is -0.481 e. The molecule has 2 heterocycles. The van der Waals surface area contributed by atoms with Gasteiger partial charge in [0.2, 0.25) is 5.88 Å². The third-order valence-corrected chi connectivity index (χ3v) is 3.10. The van der Waals surface area contributed by atoms with Crippen molar-refractivity contribution >= 4 is 6.03 Å². The van der Waals surface area contributed by atoms with Crippen molar-refractivity contribution in [3.63, 3.8) is 0 Å². The number of urea groups is 1. The molecule has 2 rings (SSSR count). The first-order valence-electron chi connectivity index (χ1n) is 6.24. The van der Waals surface area contributed by atoms with Gasteiger partial charge in [-0.1, -0.05) is 6.07 Å². The Morgan fingerprint density at radius 2 is 2.17 bits per heavy atom. The Morgan fingerprint density at radius 1 is 1.44 bits per heavy atom. The molecule has 5 nitrogen and oxygen atoms in total. The molecule has 5 heteroatoms. The van der Waals surface area contributed by atoms with Crippen molar-refractivity contribution < 1.29 is 9.53 Å². The zero-order chi connectivity index (χ0) is 13.0. The topological polar surface area (TPSA) is 54.5 Å². The van der Waals surface area contributed by atoms with Crippen LogP contribution in [0.1, 0.15) is 24.1 Å². The molecular formula is C13H19N3O2. The first-order chi connectivity index (χ1) is 8.70. The van der Waals surface area contributed by atoms with Crippen LogP contribution in [0.5, 0.6) is 5.88 Å². The molecule has 0 atom stereocenters. The number of likely N-dealkylation sites (tertiary alicyclic amines) is 1. The van der Waals surface area contributed by atoms with Crippen molar-refractivity contribution in [1.82, 2.24) is 15.2 Å². The van der Waals surface area contributed by atoms with Crippen LogP contribution >= 0.6 is 0 Å². The van der Waals surface area contributed by atoms with Gasteiger partial charge in [0.15, 0.2) is 0 Å². The first kappa shape index (κ1) is 12.7. The van der Waals surface area contributed by atoms with E-state index in [1.807, 2.05) is 24.0 Å². The highest BCUT2D eigenvalue weighted by Gasteiger charge is 2.17. The van der Waals surface area contributed by atoms with E-state index < -0.39 is 0 Å². The van der Waals surface area contributed by atoms with Gasteiger partial charge < -0.3 is 15.0 Å². The largest absolute Gasteiger partial charge is 0.481 e. The third-order valence-electron chi connectivity index (χ3n) is 3.10. The number of carbonyl (C=O) groups is 1. The highest BCUT2D eigenvalue weighted by molar-refractivity contribution is 5.74. The standard InChI is InChI=1S/C13H19N3O2/c1-10-5-6-11(12(15-10)18-2)9-14-13(17)16-7-3-4-8-16/h5-6H,3-4,7-9H2,1-2H3,(H,14,17). The average Bonchev–Trinajstić information content (AvgIpc) is 2.90. The number of ether oxygens (including phenoxy) is 1. The number of amides is 2. The maximum absolute atomic E-state index is 11.8. The lowest BCUT2D eigenvalue weighted by atomic mass is 10.2. The van der Waals surface area contributed by atoms with Crippen LogP contribution in [0, 0.1) is 6.92 Å². The maximum Gasteiger partial charge on any atom is 0.317 e. The number of nitrogens with one attached hydrogen (secondary N) is 1. The molecule has 0 unspecified atom stereocenters. The lowest BCUT2D eigenvalue weighted by Gasteiger charge is -2.16. The van der Waals surface area contributed by atoms with E-state index in [-0.39, 0.29) is 6.03 Å². The predicted molar refractivity (Wildman–Crippen MR) is 68.6 cm³/mol. The van der Waals surface area contributed by atoms with Crippen LogP contribution in [-0.2, 0) is 6.54 Å². The normalized spacial score (nSPS) is 14.7. The van der Waals surface area contributed by atoms with Crippen molar-refractivity contribution in [2.24, 2.45) is 0 Å². The van der Waals surface area contributed by atoms with Crippen molar-refractivity contribution in [2.75, 3.05) is 20.2 Å². The summed E-state index contributed by atoms with van der Waals surface area (Å²) in [6, 6.07) is 3.85. The van der Waals surface area contributed by atoms with E-state index in [0.717, 1.165) is 37.2 Å². The summed E-state index contributed by atoms with van der Waals surface area (Å²) in [5.74, 6) is 0.580. The fourth-order valence-corrected chi connectivity index (χ4v) is 2.08. The van der Waals surface area contributed by atoms with Crippen LogP contribution in [0.2, 0.25) is 0 Å². The van der Waals surface area contributed by atoms with E-state index >= 15 is 0 Å². The first-order valence-corrected chi connectivity index (χ1v) is 6.24. The summed E-state index contributed by atoms with van der Waals surface area (Å²) >= 11 is 0. The highest BCUT2D eigenvalue weighted by Crippen LogP contribution is 2.15. The van der Waals surface area contributed by atoms with Gasteiger partial charge in [0.05, 0.1) is 7.11 Å². The number of rotatable bonds is 3. The van der Waals surface area contributed by atoms with Crippen molar-refractivity contribution in [2.45, 2.75) is 26.3 Å². The van der Waals surface area contributed by atoms with E-state index in [1.54, 1.807) is 7.11 Å². The van der Waals surface area contributed by atoms with E-state index in [9.17, 15) is 4.79 Å². The predicted octanol–water partition coefficient (Wildman–Crippen LogP) is 1.70. The molecule has 18 heavy (non-hydrogen) atoms. The number of methoxy groups -OCH3 is 1.